The molecule has 2 heterocycles. The van der Waals surface area contributed by atoms with Gasteiger partial charge in [-0.2, -0.15) is 9.78 Å². The summed E-state index contributed by atoms with van der Waals surface area (Å²) in [5.41, 5.74) is 4.55. The fraction of sp³-hybridized carbons (Fsp3) is 0.190. The second kappa shape index (κ2) is 8.56. The fourth-order valence-corrected chi connectivity index (χ4v) is 3.00. The summed E-state index contributed by atoms with van der Waals surface area (Å²) in [6.45, 7) is 4.30. The monoisotopic (exact) mass is 403 g/mol. The average Bonchev–Trinajstić information content (AvgIpc) is 3.44. The maximum Gasteiger partial charge on any atom is 0.412 e. The number of hydrogen-bond donors (Lipinski definition) is 2. The molecule has 0 atom stereocenters. The first-order valence-electron chi connectivity index (χ1n) is 9.56. The Labute approximate surface area is 173 Å². The molecule has 4 aromatic rings. The van der Waals surface area contributed by atoms with E-state index in [1.165, 1.54) is 5.56 Å². The third kappa shape index (κ3) is 4.35. The first-order valence-corrected chi connectivity index (χ1v) is 9.56. The summed E-state index contributed by atoms with van der Waals surface area (Å²) in [6, 6.07) is 15.4. The zero-order valence-corrected chi connectivity index (χ0v) is 16.7. The SMILES string of the molecule is CCc1nnnn1-c1cc(OC(=O)NCc2ccn[nH]2)cc(-c2ccc(C)cc2)c1. The van der Waals surface area contributed by atoms with E-state index in [9.17, 15) is 4.79 Å². The molecule has 0 fully saturated rings. The van der Waals surface area contributed by atoms with Gasteiger partial charge in [-0.05, 0) is 46.7 Å². The Morgan fingerprint density at radius 1 is 1.13 bits per heavy atom. The van der Waals surface area contributed by atoms with E-state index >= 15 is 0 Å². The molecule has 0 unspecified atom stereocenters. The van der Waals surface area contributed by atoms with Crippen molar-refractivity contribution in [3.05, 3.63) is 71.8 Å². The second-order valence-corrected chi connectivity index (χ2v) is 6.77. The van der Waals surface area contributed by atoms with Gasteiger partial charge < -0.3 is 10.1 Å². The van der Waals surface area contributed by atoms with Crippen molar-refractivity contribution in [2.45, 2.75) is 26.8 Å². The van der Waals surface area contributed by atoms with E-state index in [-0.39, 0.29) is 6.54 Å². The van der Waals surface area contributed by atoms with Gasteiger partial charge in [0, 0.05) is 18.7 Å². The number of amides is 1. The lowest BCUT2D eigenvalue weighted by molar-refractivity contribution is 0.200. The Morgan fingerprint density at radius 3 is 2.70 bits per heavy atom. The summed E-state index contributed by atoms with van der Waals surface area (Å²) < 4.78 is 7.19. The summed E-state index contributed by atoms with van der Waals surface area (Å²) >= 11 is 0. The fourth-order valence-electron chi connectivity index (χ4n) is 3.00. The highest BCUT2D eigenvalue weighted by Gasteiger charge is 2.13. The number of H-pyrrole nitrogens is 1. The van der Waals surface area contributed by atoms with Crippen LogP contribution >= 0.6 is 0 Å². The number of ether oxygens (including phenoxy) is 1. The summed E-state index contributed by atoms with van der Waals surface area (Å²) in [7, 11) is 0. The van der Waals surface area contributed by atoms with Crippen LogP contribution < -0.4 is 10.1 Å². The van der Waals surface area contributed by atoms with Gasteiger partial charge in [0.25, 0.3) is 0 Å². The predicted molar refractivity (Wildman–Crippen MR) is 110 cm³/mol. The Hall–Kier alpha value is -4.01. The first kappa shape index (κ1) is 19.3. The highest BCUT2D eigenvalue weighted by Crippen LogP contribution is 2.28. The standard InChI is InChI=1S/C21H21N7O2/c1-3-20-25-26-27-28(20)18-10-16(15-6-4-14(2)5-7-15)11-19(12-18)30-21(29)22-13-17-8-9-23-24-17/h4-12H,3,13H2,1-2H3,(H,22,29)(H,23,24). The lowest BCUT2D eigenvalue weighted by atomic mass is 10.0. The summed E-state index contributed by atoms with van der Waals surface area (Å²) in [5, 5.41) is 21.2. The maximum atomic E-state index is 12.3. The molecule has 2 aromatic carbocycles. The predicted octanol–water partition coefficient (Wildman–Crippen LogP) is 3.21. The van der Waals surface area contributed by atoms with Crippen LogP contribution in [0, 0.1) is 6.92 Å². The van der Waals surface area contributed by atoms with Crippen molar-refractivity contribution < 1.29 is 9.53 Å². The van der Waals surface area contributed by atoms with Gasteiger partial charge in [-0.1, -0.05) is 36.8 Å². The number of aromatic nitrogens is 6. The molecule has 2 aromatic heterocycles. The minimum absolute atomic E-state index is 0.288. The average molecular weight is 403 g/mol. The molecule has 4 rings (SSSR count). The number of aromatic amines is 1. The van der Waals surface area contributed by atoms with E-state index in [4.69, 9.17) is 4.74 Å². The van der Waals surface area contributed by atoms with Crippen molar-refractivity contribution in [3.8, 4) is 22.6 Å². The molecular weight excluding hydrogens is 382 g/mol. The van der Waals surface area contributed by atoms with Crippen molar-refractivity contribution >= 4 is 6.09 Å². The third-order valence-corrected chi connectivity index (χ3v) is 4.56. The van der Waals surface area contributed by atoms with Crippen molar-refractivity contribution in [2.24, 2.45) is 0 Å². The van der Waals surface area contributed by atoms with Gasteiger partial charge in [-0.15, -0.1) is 5.10 Å². The highest BCUT2D eigenvalue weighted by molar-refractivity contribution is 5.73. The molecule has 0 bridgehead atoms. The number of carbonyl (C=O) groups excluding carboxylic acids is 1. The van der Waals surface area contributed by atoms with E-state index in [1.54, 1.807) is 23.0 Å². The van der Waals surface area contributed by atoms with Crippen LogP contribution in [0.15, 0.2) is 54.7 Å². The Morgan fingerprint density at radius 2 is 1.97 bits per heavy atom. The van der Waals surface area contributed by atoms with E-state index in [0.29, 0.717) is 23.7 Å². The molecule has 2 N–H and O–H groups in total. The molecule has 0 saturated heterocycles. The number of aryl methyl sites for hydroxylation is 2. The van der Waals surface area contributed by atoms with Crippen molar-refractivity contribution in [1.82, 2.24) is 35.7 Å². The number of carbonyl (C=O) groups is 1. The molecule has 9 heteroatoms. The van der Waals surface area contributed by atoms with Crippen LogP contribution in [-0.2, 0) is 13.0 Å². The largest absolute Gasteiger partial charge is 0.412 e. The molecule has 0 saturated carbocycles. The third-order valence-electron chi connectivity index (χ3n) is 4.56. The number of rotatable bonds is 6. The van der Waals surface area contributed by atoms with Crippen LogP contribution in [0.5, 0.6) is 5.75 Å². The van der Waals surface area contributed by atoms with E-state index < -0.39 is 6.09 Å². The van der Waals surface area contributed by atoms with Gasteiger partial charge in [-0.3, -0.25) is 5.10 Å². The molecule has 30 heavy (non-hydrogen) atoms. The molecule has 0 aliphatic heterocycles. The Balaban J connectivity index is 1.64. The van der Waals surface area contributed by atoms with Crippen LogP contribution in [0.4, 0.5) is 4.79 Å². The van der Waals surface area contributed by atoms with Crippen LogP contribution in [0.25, 0.3) is 16.8 Å². The van der Waals surface area contributed by atoms with E-state index in [2.05, 4.69) is 31.0 Å². The van der Waals surface area contributed by atoms with Gasteiger partial charge >= 0.3 is 6.09 Å². The Bertz CT molecular complexity index is 1130. The molecule has 0 radical (unpaired) electrons. The Kier molecular flexibility index (Phi) is 5.51. The quantitative estimate of drug-likeness (QED) is 0.511. The summed E-state index contributed by atoms with van der Waals surface area (Å²) in [5.74, 6) is 1.11. The van der Waals surface area contributed by atoms with Gasteiger partial charge in [0.15, 0.2) is 5.82 Å². The van der Waals surface area contributed by atoms with Crippen LogP contribution in [0.2, 0.25) is 0 Å². The molecule has 1 amide bonds. The zero-order chi connectivity index (χ0) is 20.9. The van der Waals surface area contributed by atoms with Crippen molar-refractivity contribution in [2.75, 3.05) is 0 Å². The first-order chi connectivity index (χ1) is 14.6. The highest BCUT2D eigenvalue weighted by atomic mass is 16.6. The summed E-state index contributed by atoms with van der Waals surface area (Å²) in [6.07, 6.45) is 1.73. The lowest BCUT2D eigenvalue weighted by Crippen LogP contribution is -2.26. The van der Waals surface area contributed by atoms with Gasteiger partial charge in [-0.25, -0.2) is 4.79 Å². The van der Waals surface area contributed by atoms with Gasteiger partial charge in [0.2, 0.25) is 0 Å². The van der Waals surface area contributed by atoms with E-state index in [1.807, 2.05) is 50.2 Å². The molecule has 0 spiro atoms. The van der Waals surface area contributed by atoms with Crippen LogP contribution in [0.1, 0.15) is 24.0 Å². The summed E-state index contributed by atoms with van der Waals surface area (Å²) in [4.78, 5) is 12.3. The zero-order valence-electron chi connectivity index (χ0n) is 16.7. The molecular formula is C21H21N7O2. The second-order valence-electron chi connectivity index (χ2n) is 6.77. The number of nitrogens with one attached hydrogen (secondary N) is 2. The number of benzene rings is 2. The number of nitrogens with zero attached hydrogens (tertiary/aromatic N) is 5. The smallest absolute Gasteiger partial charge is 0.410 e. The maximum absolute atomic E-state index is 12.3. The van der Waals surface area contributed by atoms with Crippen molar-refractivity contribution in [3.63, 3.8) is 0 Å². The van der Waals surface area contributed by atoms with Crippen molar-refractivity contribution in [1.29, 1.82) is 0 Å². The topological polar surface area (TPSA) is 111 Å². The minimum atomic E-state index is -0.566. The van der Waals surface area contributed by atoms with Gasteiger partial charge in [0.05, 0.1) is 17.9 Å². The van der Waals surface area contributed by atoms with Crippen LogP contribution in [-0.4, -0.2) is 36.5 Å². The van der Waals surface area contributed by atoms with E-state index in [0.717, 1.165) is 16.8 Å². The molecule has 152 valence electrons. The number of hydrogen-bond acceptors (Lipinski definition) is 6. The normalized spacial score (nSPS) is 10.7. The lowest BCUT2D eigenvalue weighted by Gasteiger charge is -2.12. The van der Waals surface area contributed by atoms with Gasteiger partial charge in [0.1, 0.15) is 5.75 Å². The molecule has 0 aliphatic rings. The van der Waals surface area contributed by atoms with Crippen LogP contribution in [0.3, 0.4) is 0 Å². The minimum Gasteiger partial charge on any atom is -0.410 e. The number of tetrazole rings is 1. The molecule has 0 aliphatic carbocycles. The molecule has 9 nitrogen and oxygen atoms in total.